The zero-order valence-corrected chi connectivity index (χ0v) is 13.7. The summed E-state index contributed by atoms with van der Waals surface area (Å²) in [6.07, 6.45) is 0.542. The van der Waals surface area contributed by atoms with Crippen LogP contribution in [0.4, 0.5) is 17.1 Å². The normalized spacial score (nSPS) is 10.2. The number of rotatable bonds is 8. The highest BCUT2D eigenvalue weighted by Gasteiger charge is 2.18. The third-order valence-corrected chi connectivity index (χ3v) is 3.56. The molecule has 0 aliphatic heterocycles. The van der Waals surface area contributed by atoms with E-state index in [9.17, 15) is 20.2 Å². The summed E-state index contributed by atoms with van der Waals surface area (Å²) in [7, 11) is 3.08. The van der Waals surface area contributed by atoms with Gasteiger partial charge in [0.05, 0.1) is 24.1 Å². The maximum atomic E-state index is 11.1. The molecule has 2 aromatic rings. The van der Waals surface area contributed by atoms with Crippen LogP contribution in [0.3, 0.4) is 0 Å². The summed E-state index contributed by atoms with van der Waals surface area (Å²) in [6.45, 7) is 0.359. The highest BCUT2D eigenvalue weighted by Crippen LogP contribution is 2.30. The first kappa shape index (κ1) is 18.0. The summed E-state index contributed by atoms with van der Waals surface area (Å²) in [5.41, 5.74) is 0.620. The number of methoxy groups -OCH3 is 2. The van der Waals surface area contributed by atoms with Crippen LogP contribution in [0.15, 0.2) is 36.4 Å². The first-order valence-electron chi connectivity index (χ1n) is 7.34. The van der Waals surface area contributed by atoms with Gasteiger partial charge in [-0.2, -0.15) is 0 Å². The van der Waals surface area contributed by atoms with E-state index in [1.807, 2.05) is 12.1 Å². The predicted molar refractivity (Wildman–Crippen MR) is 91.5 cm³/mol. The summed E-state index contributed by atoms with van der Waals surface area (Å²) >= 11 is 0. The molecule has 0 aromatic heterocycles. The Bertz CT molecular complexity index is 793. The molecule has 2 aromatic carbocycles. The molecule has 0 radical (unpaired) electrons. The van der Waals surface area contributed by atoms with Gasteiger partial charge in [-0.15, -0.1) is 0 Å². The van der Waals surface area contributed by atoms with Crippen LogP contribution in [-0.4, -0.2) is 30.6 Å². The third-order valence-electron chi connectivity index (χ3n) is 3.56. The van der Waals surface area contributed by atoms with E-state index in [1.54, 1.807) is 13.2 Å². The lowest BCUT2D eigenvalue weighted by Crippen LogP contribution is -2.07. The number of hydrogen-bond acceptors (Lipinski definition) is 7. The molecule has 0 atom stereocenters. The minimum Gasteiger partial charge on any atom is -0.493 e. The molecule has 25 heavy (non-hydrogen) atoms. The molecule has 9 nitrogen and oxygen atoms in total. The third kappa shape index (κ3) is 4.34. The van der Waals surface area contributed by atoms with Crippen LogP contribution in [0.5, 0.6) is 11.5 Å². The van der Waals surface area contributed by atoms with Gasteiger partial charge in [0.15, 0.2) is 11.5 Å². The molecule has 9 heteroatoms. The number of nitrogens with zero attached hydrogens (tertiary/aromatic N) is 2. The minimum absolute atomic E-state index is 0.111. The molecule has 0 saturated carbocycles. The van der Waals surface area contributed by atoms with E-state index in [0.29, 0.717) is 24.5 Å². The average Bonchev–Trinajstić information content (AvgIpc) is 2.61. The highest BCUT2D eigenvalue weighted by molar-refractivity contribution is 5.65. The predicted octanol–water partition coefficient (Wildman–Crippen LogP) is 3.17. The van der Waals surface area contributed by atoms with Crippen molar-refractivity contribution < 1.29 is 19.3 Å². The van der Waals surface area contributed by atoms with Crippen molar-refractivity contribution in [1.29, 1.82) is 0 Å². The molecule has 0 bridgehead atoms. The van der Waals surface area contributed by atoms with Crippen LogP contribution in [-0.2, 0) is 6.42 Å². The van der Waals surface area contributed by atoms with E-state index in [0.717, 1.165) is 23.8 Å². The van der Waals surface area contributed by atoms with E-state index >= 15 is 0 Å². The summed E-state index contributed by atoms with van der Waals surface area (Å²) in [5, 5.41) is 24.8. The van der Waals surface area contributed by atoms with E-state index in [2.05, 4.69) is 5.32 Å². The van der Waals surface area contributed by atoms with Gasteiger partial charge in [-0.1, -0.05) is 6.07 Å². The lowest BCUT2D eigenvalue weighted by molar-refractivity contribution is -0.388. The van der Waals surface area contributed by atoms with Gasteiger partial charge in [-0.3, -0.25) is 20.2 Å². The van der Waals surface area contributed by atoms with Crippen molar-refractivity contribution in [3.63, 3.8) is 0 Å². The fourth-order valence-electron chi connectivity index (χ4n) is 2.32. The number of anilines is 1. The second kappa shape index (κ2) is 7.95. The fourth-order valence-corrected chi connectivity index (χ4v) is 2.32. The Kier molecular flexibility index (Phi) is 5.72. The van der Waals surface area contributed by atoms with Crippen molar-refractivity contribution in [2.24, 2.45) is 0 Å². The standard InChI is InChI=1S/C16H17N3O6/c1-24-15-6-3-11(9-16(15)25-2)7-8-17-13-10-12(18(20)21)4-5-14(13)19(22)23/h3-6,9-10,17H,7-8H2,1-2H3. The second-order valence-corrected chi connectivity index (χ2v) is 5.08. The Morgan fingerprint density at radius 3 is 2.28 bits per heavy atom. The van der Waals surface area contributed by atoms with Crippen molar-refractivity contribution >= 4 is 17.1 Å². The number of nitro benzene ring substituents is 2. The Hall–Kier alpha value is -3.36. The van der Waals surface area contributed by atoms with Crippen molar-refractivity contribution in [1.82, 2.24) is 0 Å². The van der Waals surface area contributed by atoms with Crippen molar-refractivity contribution in [2.75, 3.05) is 26.1 Å². The zero-order chi connectivity index (χ0) is 18.4. The highest BCUT2D eigenvalue weighted by atomic mass is 16.6. The smallest absolute Gasteiger partial charge is 0.292 e. The monoisotopic (exact) mass is 347 g/mol. The van der Waals surface area contributed by atoms with Crippen LogP contribution < -0.4 is 14.8 Å². The molecule has 0 saturated heterocycles. The van der Waals surface area contributed by atoms with Gasteiger partial charge in [0, 0.05) is 24.7 Å². The maximum absolute atomic E-state index is 11.1. The van der Waals surface area contributed by atoms with Crippen molar-refractivity contribution in [2.45, 2.75) is 6.42 Å². The molecule has 0 heterocycles. The number of ether oxygens (including phenoxy) is 2. The quantitative estimate of drug-likeness (QED) is 0.575. The van der Waals surface area contributed by atoms with Gasteiger partial charge in [0.25, 0.3) is 11.4 Å². The molecule has 1 N–H and O–H groups in total. The molecule has 132 valence electrons. The van der Waals surface area contributed by atoms with Gasteiger partial charge in [0.1, 0.15) is 5.69 Å². The molecule has 0 spiro atoms. The lowest BCUT2D eigenvalue weighted by Gasteiger charge is -2.10. The van der Waals surface area contributed by atoms with Crippen molar-refractivity contribution in [3.05, 3.63) is 62.2 Å². The Morgan fingerprint density at radius 2 is 1.68 bits per heavy atom. The molecule has 0 aliphatic rings. The largest absolute Gasteiger partial charge is 0.493 e. The summed E-state index contributed by atoms with van der Waals surface area (Å²) in [6, 6.07) is 8.82. The molecule has 0 amide bonds. The van der Waals surface area contributed by atoms with Crippen LogP contribution in [0.2, 0.25) is 0 Å². The van der Waals surface area contributed by atoms with Crippen LogP contribution in [0.25, 0.3) is 0 Å². The van der Waals surface area contributed by atoms with Gasteiger partial charge >= 0.3 is 0 Å². The van der Waals surface area contributed by atoms with Crippen molar-refractivity contribution in [3.8, 4) is 11.5 Å². The van der Waals surface area contributed by atoms with Gasteiger partial charge in [0.2, 0.25) is 0 Å². The zero-order valence-electron chi connectivity index (χ0n) is 13.7. The van der Waals surface area contributed by atoms with Gasteiger partial charge in [-0.25, -0.2) is 0 Å². The summed E-state index contributed by atoms with van der Waals surface area (Å²) in [5.74, 6) is 1.19. The summed E-state index contributed by atoms with van der Waals surface area (Å²) < 4.78 is 10.4. The SMILES string of the molecule is COc1ccc(CCNc2cc([N+](=O)[O-])ccc2[N+](=O)[O-])cc1OC. The van der Waals surface area contributed by atoms with E-state index < -0.39 is 9.85 Å². The Morgan fingerprint density at radius 1 is 0.960 bits per heavy atom. The second-order valence-electron chi connectivity index (χ2n) is 5.08. The maximum Gasteiger partial charge on any atom is 0.292 e. The molecule has 0 fully saturated rings. The molecular formula is C16H17N3O6. The first-order valence-corrected chi connectivity index (χ1v) is 7.34. The van der Waals surface area contributed by atoms with Gasteiger partial charge in [-0.05, 0) is 24.1 Å². The average molecular weight is 347 g/mol. The Balaban J connectivity index is 2.12. The summed E-state index contributed by atoms with van der Waals surface area (Å²) in [4.78, 5) is 20.7. The van der Waals surface area contributed by atoms with Gasteiger partial charge < -0.3 is 14.8 Å². The minimum atomic E-state index is -0.594. The first-order chi connectivity index (χ1) is 12.0. The number of hydrogen-bond donors (Lipinski definition) is 1. The van der Waals surface area contributed by atoms with E-state index in [4.69, 9.17) is 9.47 Å². The van der Waals surface area contributed by atoms with Crippen LogP contribution in [0, 0.1) is 20.2 Å². The molecule has 0 unspecified atom stereocenters. The molecule has 0 aliphatic carbocycles. The number of benzene rings is 2. The Labute approximate surface area is 143 Å². The number of nitro groups is 2. The van der Waals surface area contributed by atoms with Crippen LogP contribution in [0.1, 0.15) is 5.56 Å². The lowest BCUT2D eigenvalue weighted by atomic mass is 10.1. The van der Waals surface area contributed by atoms with Crippen LogP contribution >= 0.6 is 0 Å². The molecular weight excluding hydrogens is 330 g/mol. The number of non-ortho nitro benzene ring substituents is 1. The fraction of sp³-hybridized carbons (Fsp3) is 0.250. The van der Waals surface area contributed by atoms with E-state index in [1.165, 1.54) is 7.11 Å². The topological polar surface area (TPSA) is 117 Å². The van der Waals surface area contributed by atoms with E-state index in [-0.39, 0.29) is 17.1 Å². The number of nitrogens with one attached hydrogen (secondary N) is 1. The molecule has 2 rings (SSSR count).